The Labute approximate surface area is 64.6 Å². The Bertz CT molecular complexity index is 229. The second-order valence-electron chi connectivity index (χ2n) is 1.53. The third-order valence-electron chi connectivity index (χ3n) is 0.855. The van der Waals surface area contributed by atoms with Crippen molar-refractivity contribution >= 4 is 5.97 Å². The molecule has 0 bridgehead atoms. The molecule has 0 amide bonds. The van der Waals surface area contributed by atoms with Crippen LogP contribution in [0.3, 0.4) is 0 Å². The Morgan fingerprint density at radius 1 is 1.64 bits per heavy atom. The number of carbonyl (C=O) groups excluding carboxylic acids is 1. The van der Waals surface area contributed by atoms with Crippen LogP contribution in [-0.2, 0) is 4.29 Å². The molecule has 0 unspecified atom stereocenters. The normalized spacial score (nSPS) is 10.1. The van der Waals surface area contributed by atoms with Crippen LogP contribution >= 0.6 is 0 Å². The van der Waals surface area contributed by atoms with Crippen molar-refractivity contribution in [2.45, 2.75) is 0 Å². The number of halogens is 1. The molecule has 60 valence electrons. The largest absolute Gasteiger partial charge is 0.487 e. The zero-order valence-corrected chi connectivity index (χ0v) is 5.91. The maximum absolute atomic E-state index is 10.6. The monoisotopic (exact) mass is 178 g/mol. The summed E-state index contributed by atoms with van der Waals surface area (Å²) >= 11 is 0. The molecule has 0 saturated heterocycles. The van der Waals surface area contributed by atoms with Gasteiger partial charge in [-0.1, -0.05) is 4.29 Å². The second kappa shape index (κ2) is 3.38. The van der Waals surface area contributed by atoms with Gasteiger partial charge in [0.1, 0.15) is 0 Å². The van der Waals surface area contributed by atoms with E-state index in [1.165, 1.54) is 18.4 Å². The molecule has 1 aromatic heterocycles. The van der Waals surface area contributed by atoms with E-state index in [4.69, 9.17) is 0 Å². The lowest BCUT2D eigenvalue weighted by Crippen LogP contribution is -2.36. The molecule has 1 heterocycles. The fraction of sp³-hybridized carbons (Fsp3) is 0. The van der Waals surface area contributed by atoms with E-state index in [1.54, 1.807) is 0 Å². The molecule has 0 aliphatic rings. The molecular formula is C5H3ClO5. The van der Waals surface area contributed by atoms with E-state index < -0.39 is 16.8 Å². The molecule has 1 aromatic rings. The number of furan rings is 1. The maximum atomic E-state index is 10.6. The summed E-state index contributed by atoms with van der Waals surface area (Å²) in [6.07, 6.45) is 1.24. The number of hydrogen-bond acceptors (Lipinski definition) is 5. The molecule has 0 aliphatic heterocycles. The summed E-state index contributed by atoms with van der Waals surface area (Å²) in [5.41, 5.74) is 0. The first-order chi connectivity index (χ1) is 5.20. The highest BCUT2D eigenvalue weighted by Crippen LogP contribution is 2.02. The third-order valence-corrected chi connectivity index (χ3v) is 1.12. The third kappa shape index (κ3) is 2.23. The minimum Gasteiger partial charge on any atom is -0.457 e. The van der Waals surface area contributed by atoms with E-state index in [2.05, 4.69) is 8.71 Å². The van der Waals surface area contributed by atoms with Crippen molar-refractivity contribution < 1.29 is 33.6 Å². The molecule has 0 radical (unpaired) electrons. The molecule has 0 saturated carbocycles. The van der Waals surface area contributed by atoms with Gasteiger partial charge in [0.25, 0.3) is 0 Å². The van der Waals surface area contributed by atoms with Gasteiger partial charge in [0.15, 0.2) is 0 Å². The van der Waals surface area contributed by atoms with Gasteiger partial charge in [0.05, 0.1) is 6.26 Å². The van der Waals surface area contributed by atoms with Crippen LogP contribution in [0.4, 0.5) is 0 Å². The average molecular weight is 179 g/mol. The van der Waals surface area contributed by atoms with Gasteiger partial charge in [-0.3, -0.25) is 0 Å². The van der Waals surface area contributed by atoms with Crippen molar-refractivity contribution in [2.75, 3.05) is 0 Å². The molecule has 1 rings (SSSR count). The molecule has 0 atom stereocenters. The zero-order valence-electron chi connectivity index (χ0n) is 5.15. The molecule has 0 spiro atoms. The van der Waals surface area contributed by atoms with Crippen molar-refractivity contribution in [3.05, 3.63) is 24.2 Å². The summed E-state index contributed by atoms with van der Waals surface area (Å²) < 4.78 is 27.9. The van der Waals surface area contributed by atoms with Crippen LogP contribution in [0, 0.1) is 10.8 Å². The van der Waals surface area contributed by atoms with Gasteiger partial charge in [-0.15, -0.1) is 0 Å². The summed E-state index contributed by atoms with van der Waals surface area (Å²) in [4.78, 5) is 10.6. The quantitative estimate of drug-likeness (QED) is 0.552. The first-order valence-corrected chi connectivity index (χ1v) is 3.44. The van der Waals surface area contributed by atoms with Crippen molar-refractivity contribution in [3.8, 4) is 0 Å². The van der Waals surface area contributed by atoms with Gasteiger partial charge >= 0.3 is 16.8 Å². The molecule has 6 heteroatoms. The fourth-order valence-corrected chi connectivity index (χ4v) is 0.680. The lowest BCUT2D eigenvalue weighted by Gasteiger charge is -1.89. The van der Waals surface area contributed by atoms with Crippen LogP contribution in [0.5, 0.6) is 0 Å². The summed E-state index contributed by atoms with van der Waals surface area (Å²) in [7, 11) is -2.53. The van der Waals surface area contributed by atoms with Gasteiger partial charge in [0, 0.05) is 0 Å². The number of rotatable bonds is 2. The Morgan fingerprint density at radius 3 is 2.82 bits per heavy atom. The van der Waals surface area contributed by atoms with E-state index in [9.17, 15) is 14.1 Å². The van der Waals surface area contributed by atoms with E-state index in [1.807, 2.05) is 0 Å². The van der Waals surface area contributed by atoms with E-state index >= 15 is 0 Å². The van der Waals surface area contributed by atoms with Gasteiger partial charge < -0.3 is 13.7 Å². The standard InChI is InChI=1S/C5H3ClO5/c7-5(11-6(8)9)4-2-1-3-10-4/h1-3H. The smallest absolute Gasteiger partial charge is 0.457 e. The molecular weight excluding hydrogens is 176 g/mol. The van der Waals surface area contributed by atoms with E-state index in [-0.39, 0.29) is 5.76 Å². The topological polar surface area (TPSA) is 85.6 Å². The Kier molecular flexibility index (Phi) is 2.48. The molecule has 0 fully saturated rings. The van der Waals surface area contributed by atoms with Crippen molar-refractivity contribution in [3.63, 3.8) is 0 Å². The van der Waals surface area contributed by atoms with Crippen molar-refractivity contribution in [1.29, 1.82) is 0 Å². The Morgan fingerprint density at radius 2 is 2.36 bits per heavy atom. The summed E-state index contributed by atoms with van der Waals surface area (Å²) in [6, 6.07) is 2.74. The molecule has 11 heavy (non-hydrogen) atoms. The van der Waals surface area contributed by atoms with Gasteiger partial charge in [-0.05, 0) is 12.1 Å². The minimum absolute atomic E-state index is 0.154. The van der Waals surface area contributed by atoms with Gasteiger partial charge in [0.2, 0.25) is 5.76 Å². The Balaban J connectivity index is 2.57. The molecule has 5 nitrogen and oxygen atoms in total. The van der Waals surface area contributed by atoms with Crippen LogP contribution in [0.25, 0.3) is 0 Å². The summed E-state index contributed by atoms with van der Waals surface area (Å²) in [5.74, 6) is -1.19. The highest BCUT2D eigenvalue weighted by molar-refractivity contribution is 5.85. The number of carbonyl (C=O) groups is 1. The van der Waals surface area contributed by atoms with Crippen LogP contribution in [0.2, 0.25) is 0 Å². The summed E-state index contributed by atoms with van der Waals surface area (Å²) in [6.45, 7) is 0. The van der Waals surface area contributed by atoms with Crippen LogP contribution in [-0.4, -0.2) is 5.97 Å². The lowest BCUT2D eigenvalue weighted by molar-refractivity contribution is -1.62. The Hall–Kier alpha value is -1.04. The van der Waals surface area contributed by atoms with E-state index in [0.717, 1.165) is 0 Å². The van der Waals surface area contributed by atoms with Crippen LogP contribution < -0.4 is 9.32 Å². The highest BCUT2D eigenvalue weighted by atomic mass is 35.6. The predicted molar refractivity (Wildman–Crippen MR) is 24.1 cm³/mol. The molecule has 0 aliphatic carbocycles. The SMILES string of the molecule is O=C(O[Cl+2]([O-])[O-])c1ccco1. The number of hydrogen-bond donors (Lipinski definition) is 0. The second-order valence-corrected chi connectivity index (χ2v) is 2.06. The van der Waals surface area contributed by atoms with Crippen LogP contribution in [0.15, 0.2) is 22.8 Å². The fourth-order valence-electron chi connectivity index (χ4n) is 0.490. The van der Waals surface area contributed by atoms with Crippen molar-refractivity contribution in [1.82, 2.24) is 0 Å². The molecule has 0 N–H and O–H groups in total. The first-order valence-electron chi connectivity index (χ1n) is 2.52. The average Bonchev–Trinajstić information content (AvgIpc) is 2.35. The lowest BCUT2D eigenvalue weighted by atomic mass is 10.5. The summed E-state index contributed by atoms with van der Waals surface area (Å²) in [5, 5.41) is 0. The molecule has 0 aromatic carbocycles. The van der Waals surface area contributed by atoms with E-state index in [0.29, 0.717) is 0 Å². The minimum atomic E-state index is -2.53. The first kappa shape index (κ1) is 8.06. The van der Waals surface area contributed by atoms with Gasteiger partial charge in [-0.2, -0.15) is 0 Å². The van der Waals surface area contributed by atoms with Gasteiger partial charge in [-0.25, -0.2) is 4.79 Å². The highest BCUT2D eigenvalue weighted by Gasteiger charge is 2.22. The van der Waals surface area contributed by atoms with Crippen LogP contribution in [0.1, 0.15) is 10.6 Å². The van der Waals surface area contributed by atoms with Crippen molar-refractivity contribution in [2.24, 2.45) is 0 Å². The maximum Gasteiger partial charge on any atom is 0.487 e. The zero-order chi connectivity index (χ0) is 8.27. The predicted octanol–water partition coefficient (Wildman–Crippen LogP) is -1.48.